The van der Waals surface area contributed by atoms with Gasteiger partial charge in [-0.15, -0.1) is 16.4 Å². The Hall–Kier alpha value is -4.02. The van der Waals surface area contributed by atoms with Crippen LogP contribution in [0.4, 0.5) is 16.7 Å². The van der Waals surface area contributed by atoms with E-state index in [2.05, 4.69) is 33.1 Å². The van der Waals surface area contributed by atoms with Crippen molar-refractivity contribution in [3.05, 3.63) is 76.8 Å². The number of carbonyl (C=O) groups excluding carboxylic acids is 1. The number of ether oxygens (including phenoxy) is 1. The number of carbonyl (C=O) groups is 1. The molecule has 3 heterocycles. The molecule has 3 N–H and O–H groups in total. The molecule has 38 heavy (non-hydrogen) atoms. The van der Waals surface area contributed by atoms with Crippen molar-refractivity contribution in [3.63, 3.8) is 0 Å². The molecule has 1 atom stereocenters. The Balaban J connectivity index is 1.30. The van der Waals surface area contributed by atoms with Gasteiger partial charge in [0.25, 0.3) is 11.8 Å². The summed E-state index contributed by atoms with van der Waals surface area (Å²) in [5.41, 5.74) is 4.35. The summed E-state index contributed by atoms with van der Waals surface area (Å²) in [6, 6.07) is 17.2. The summed E-state index contributed by atoms with van der Waals surface area (Å²) in [5.74, 6) is 0.0754. The molecule has 0 bridgehead atoms. The summed E-state index contributed by atoms with van der Waals surface area (Å²) in [7, 11) is 1.67. The third-order valence-electron chi connectivity index (χ3n) is 6.82. The fraction of sp³-hybridized carbons (Fsp3) is 0.286. The standard InChI is InChI=1S/C28H28N6O3S/c1-28(12-13-28)26-32-22(25(38-26)29-14-15-36-2)24-33-34-27(37-24)31-21-16-19(17-8-4-3-5-9-17)18-10-6-7-11-20(18)30-23(21)35/h3-11,16,21,29H,12-15H2,1-2H3,(H,30,35)(H,31,34)/t21-/m0/s1. The lowest BCUT2D eigenvalue weighted by Gasteiger charge is -2.11. The average molecular weight is 529 g/mol. The average Bonchev–Trinajstić information content (AvgIpc) is 3.34. The normalized spacial score (nSPS) is 17.7. The molecule has 1 saturated carbocycles. The largest absolute Gasteiger partial charge is 0.402 e. The number of thiazole rings is 1. The van der Waals surface area contributed by atoms with E-state index in [0.717, 1.165) is 45.2 Å². The summed E-state index contributed by atoms with van der Waals surface area (Å²) in [6.07, 6.45) is 4.12. The zero-order valence-corrected chi connectivity index (χ0v) is 22.0. The highest BCUT2D eigenvalue weighted by atomic mass is 32.1. The van der Waals surface area contributed by atoms with Gasteiger partial charge in [0.1, 0.15) is 16.1 Å². The predicted molar refractivity (Wildman–Crippen MR) is 148 cm³/mol. The molecule has 1 aliphatic carbocycles. The van der Waals surface area contributed by atoms with Crippen LogP contribution in [-0.2, 0) is 14.9 Å². The number of benzene rings is 2. The van der Waals surface area contributed by atoms with Crippen LogP contribution in [0.15, 0.2) is 65.1 Å². The highest BCUT2D eigenvalue weighted by Crippen LogP contribution is 2.51. The fourth-order valence-corrected chi connectivity index (χ4v) is 5.55. The lowest BCUT2D eigenvalue weighted by atomic mass is 9.96. The molecule has 1 aliphatic heterocycles. The summed E-state index contributed by atoms with van der Waals surface area (Å²) >= 11 is 1.61. The van der Waals surface area contributed by atoms with Gasteiger partial charge in [0.15, 0.2) is 5.69 Å². The van der Waals surface area contributed by atoms with Gasteiger partial charge in [-0.2, -0.15) is 0 Å². The Morgan fingerprint density at radius 1 is 1.13 bits per heavy atom. The van der Waals surface area contributed by atoms with Crippen molar-refractivity contribution in [2.45, 2.75) is 31.2 Å². The first-order valence-electron chi connectivity index (χ1n) is 12.6. The van der Waals surface area contributed by atoms with Gasteiger partial charge in [0.2, 0.25) is 0 Å². The van der Waals surface area contributed by atoms with Crippen LogP contribution in [0, 0.1) is 0 Å². The van der Waals surface area contributed by atoms with Crippen molar-refractivity contribution in [3.8, 4) is 11.6 Å². The molecule has 2 aliphatic rings. The minimum Gasteiger partial charge on any atom is -0.402 e. The number of aromatic nitrogens is 3. The second-order valence-electron chi connectivity index (χ2n) is 9.69. The molecule has 0 radical (unpaired) electrons. The molecular weight excluding hydrogens is 500 g/mol. The minimum absolute atomic E-state index is 0.105. The first-order valence-corrected chi connectivity index (χ1v) is 13.4. The second-order valence-corrected chi connectivity index (χ2v) is 10.7. The number of nitrogens with one attached hydrogen (secondary N) is 3. The number of anilines is 3. The Bertz CT molecular complexity index is 1490. The van der Waals surface area contributed by atoms with E-state index < -0.39 is 6.04 Å². The van der Waals surface area contributed by atoms with E-state index in [9.17, 15) is 4.79 Å². The van der Waals surface area contributed by atoms with E-state index in [4.69, 9.17) is 14.1 Å². The molecule has 2 aromatic carbocycles. The van der Waals surface area contributed by atoms with Crippen LogP contribution in [-0.4, -0.2) is 47.4 Å². The maximum absolute atomic E-state index is 13.2. The zero-order chi connectivity index (χ0) is 26.1. The van der Waals surface area contributed by atoms with E-state index in [1.54, 1.807) is 18.4 Å². The molecule has 0 saturated heterocycles. The van der Waals surface area contributed by atoms with Crippen LogP contribution in [0.3, 0.4) is 0 Å². The number of hydrogen-bond donors (Lipinski definition) is 3. The van der Waals surface area contributed by atoms with E-state index >= 15 is 0 Å². The molecule has 9 nitrogen and oxygen atoms in total. The van der Waals surface area contributed by atoms with Gasteiger partial charge in [0, 0.05) is 30.3 Å². The number of amides is 1. The molecule has 0 unspecified atom stereocenters. The predicted octanol–water partition coefficient (Wildman–Crippen LogP) is 5.17. The fourth-order valence-electron chi connectivity index (χ4n) is 4.37. The second kappa shape index (κ2) is 10.0. The van der Waals surface area contributed by atoms with E-state index in [1.807, 2.05) is 60.7 Å². The van der Waals surface area contributed by atoms with Crippen molar-refractivity contribution >= 4 is 39.5 Å². The minimum atomic E-state index is -0.735. The number of fused-ring (bicyclic) bond motifs is 1. The lowest BCUT2D eigenvalue weighted by molar-refractivity contribution is -0.116. The van der Waals surface area contributed by atoms with Gasteiger partial charge >= 0.3 is 6.01 Å². The van der Waals surface area contributed by atoms with E-state index in [-0.39, 0.29) is 17.3 Å². The smallest absolute Gasteiger partial charge is 0.316 e. The molecule has 2 aromatic heterocycles. The van der Waals surface area contributed by atoms with Crippen molar-refractivity contribution < 1.29 is 13.9 Å². The number of hydrogen-bond acceptors (Lipinski definition) is 9. The molecule has 10 heteroatoms. The maximum Gasteiger partial charge on any atom is 0.316 e. The molecule has 0 spiro atoms. The van der Waals surface area contributed by atoms with Crippen LogP contribution in [0.25, 0.3) is 17.2 Å². The lowest BCUT2D eigenvalue weighted by Crippen LogP contribution is -2.32. The third kappa shape index (κ3) is 4.80. The van der Waals surface area contributed by atoms with Crippen molar-refractivity contribution in [2.24, 2.45) is 0 Å². The van der Waals surface area contributed by atoms with Crippen molar-refractivity contribution in [2.75, 3.05) is 36.2 Å². The maximum atomic E-state index is 13.2. The SMILES string of the molecule is COCCNc1sc(C2(C)CC2)nc1-c1nnc(N[C@H]2C=C(c3ccccc3)c3ccccc3NC2=O)o1. The Morgan fingerprint density at radius 3 is 2.71 bits per heavy atom. The van der Waals surface area contributed by atoms with Gasteiger partial charge in [0.05, 0.1) is 6.61 Å². The van der Waals surface area contributed by atoms with Crippen molar-refractivity contribution in [1.29, 1.82) is 0 Å². The molecule has 6 rings (SSSR count). The Kier molecular flexibility index (Phi) is 6.42. The van der Waals surface area contributed by atoms with Gasteiger partial charge in [-0.25, -0.2) is 4.98 Å². The van der Waals surface area contributed by atoms with Crippen LogP contribution in [0.2, 0.25) is 0 Å². The molecule has 1 amide bonds. The summed E-state index contributed by atoms with van der Waals surface area (Å²) in [4.78, 5) is 18.1. The number of para-hydroxylation sites is 1. The Morgan fingerprint density at radius 2 is 1.92 bits per heavy atom. The molecular formula is C28H28N6O3S. The monoisotopic (exact) mass is 528 g/mol. The van der Waals surface area contributed by atoms with Gasteiger partial charge in [-0.1, -0.05) is 60.6 Å². The number of rotatable bonds is 9. The summed E-state index contributed by atoms with van der Waals surface area (Å²) in [5, 5.41) is 19.9. The molecule has 1 fully saturated rings. The molecule has 4 aromatic rings. The van der Waals surface area contributed by atoms with Crippen LogP contribution < -0.4 is 16.0 Å². The topological polar surface area (TPSA) is 114 Å². The zero-order valence-electron chi connectivity index (χ0n) is 21.2. The van der Waals surface area contributed by atoms with Crippen molar-refractivity contribution in [1.82, 2.24) is 15.2 Å². The third-order valence-corrected chi connectivity index (χ3v) is 8.14. The van der Waals surface area contributed by atoms with Crippen LogP contribution >= 0.6 is 11.3 Å². The molecule has 194 valence electrons. The van der Waals surface area contributed by atoms with E-state index in [0.29, 0.717) is 24.7 Å². The Labute approximate surface area is 224 Å². The van der Waals surface area contributed by atoms with Gasteiger partial charge < -0.3 is 25.1 Å². The van der Waals surface area contributed by atoms with Crippen LogP contribution in [0.1, 0.15) is 35.9 Å². The van der Waals surface area contributed by atoms with E-state index in [1.165, 1.54) is 0 Å². The van der Waals surface area contributed by atoms with Gasteiger partial charge in [-0.3, -0.25) is 4.79 Å². The number of nitrogens with zero attached hydrogens (tertiary/aromatic N) is 3. The first kappa shape index (κ1) is 24.3. The number of methoxy groups -OCH3 is 1. The summed E-state index contributed by atoms with van der Waals surface area (Å²) in [6.45, 7) is 3.42. The quantitative estimate of drug-likeness (QED) is 0.255. The first-order chi connectivity index (χ1) is 18.5. The highest BCUT2D eigenvalue weighted by Gasteiger charge is 2.43. The van der Waals surface area contributed by atoms with Crippen LogP contribution in [0.5, 0.6) is 0 Å². The van der Waals surface area contributed by atoms with Gasteiger partial charge in [-0.05, 0) is 36.1 Å². The highest BCUT2D eigenvalue weighted by molar-refractivity contribution is 7.16. The summed E-state index contributed by atoms with van der Waals surface area (Å²) < 4.78 is 11.2.